The van der Waals surface area contributed by atoms with Crippen molar-refractivity contribution in [2.45, 2.75) is 20.1 Å². The fourth-order valence-electron chi connectivity index (χ4n) is 2.24. The number of aryl methyl sites for hydroxylation is 1. The predicted octanol–water partition coefficient (Wildman–Crippen LogP) is 4.53. The van der Waals surface area contributed by atoms with E-state index in [-0.39, 0.29) is 19.0 Å². The lowest BCUT2D eigenvalue weighted by Crippen LogP contribution is -2.08. The average molecular weight is 357 g/mol. The Kier molecular flexibility index (Phi) is 5.40. The molecule has 0 radical (unpaired) electrons. The van der Waals surface area contributed by atoms with E-state index in [2.05, 4.69) is 4.98 Å². The number of hydrogen-bond acceptors (Lipinski definition) is 5. The number of ether oxygens (including phenoxy) is 2. The van der Waals surface area contributed by atoms with Crippen molar-refractivity contribution in [2.24, 2.45) is 0 Å². The molecule has 0 bridgehead atoms. The summed E-state index contributed by atoms with van der Waals surface area (Å²) in [5.41, 5.74) is 1.72. The van der Waals surface area contributed by atoms with E-state index in [1.54, 1.807) is 47.7 Å². The zero-order chi connectivity index (χ0) is 17.6. The second-order valence-electron chi connectivity index (χ2n) is 5.35. The summed E-state index contributed by atoms with van der Waals surface area (Å²) in [5.74, 6) is -0.456. The highest BCUT2D eigenvalue weighted by Gasteiger charge is 2.14. The van der Waals surface area contributed by atoms with Crippen LogP contribution in [0, 0.1) is 12.7 Å². The number of para-hydroxylation sites is 1. The number of carbonyl (C=O) groups excluding carboxylic acids is 1. The SMILES string of the molecule is Cc1nc(COc2ccccc2C(=O)OCc2cccc(F)c2)cs1. The predicted molar refractivity (Wildman–Crippen MR) is 93.1 cm³/mol. The maximum atomic E-state index is 13.2. The summed E-state index contributed by atoms with van der Waals surface area (Å²) >= 11 is 1.54. The van der Waals surface area contributed by atoms with E-state index >= 15 is 0 Å². The molecule has 0 unspecified atom stereocenters. The first-order valence-electron chi connectivity index (χ1n) is 7.66. The van der Waals surface area contributed by atoms with Crippen LogP contribution in [0.1, 0.15) is 26.6 Å². The standard InChI is InChI=1S/C19H16FNO3S/c1-13-21-16(12-25-13)11-23-18-8-3-2-7-17(18)19(22)24-10-14-5-4-6-15(20)9-14/h2-9,12H,10-11H2,1H3. The van der Waals surface area contributed by atoms with Gasteiger partial charge in [-0.3, -0.25) is 0 Å². The minimum atomic E-state index is -0.519. The monoisotopic (exact) mass is 357 g/mol. The van der Waals surface area contributed by atoms with Gasteiger partial charge in [0.05, 0.1) is 10.7 Å². The third kappa shape index (κ3) is 4.64. The molecule has 3 rings (SSSR count). The third-order valence-corrected chi connectivity index (χ3v) is 4.23. The molecule has 1 aromatic heterocycles. The minimum absolute atomic E-state index is 0.00376. The first-order chi connectivity index (χ1) is 12.1. The molecule has 3 aromatic rings. The van der Waals surface area contributed by atoms with E-state index < -0.39 is 5.97 Å². The first kappa shape index (κ1) is 17.1. The molecule has 0 fully saturated rings. The fourth-order valence-corrected chi connectivity index (χ4v) is 2.84. The van der Waals surface area contributed by atoms with Gasteiger partial charge in [0, 0.05) is 5.38 Å². The molecule has 6 heteroatoms. The molecule has 25 heavy (non-hydrogen) atoms. The Balaban J connectivity index is 1.65. The second kappa shape index (κ2) is 7.90. The van der Waals surface area contributed by atoms with Gasteiger partial charge in [-0.25, -0.2) is 14.2 Å². The molecule has 0 atom stereocenters. The van der Waals surface area contributed by atoms with Gasteiger partial charge in [0.1, 0.15) is 30.3 Å². The Labute approximate surface area is 148 Å². The number of hydrogen-bond donors (Lipinski definition) is 0. The van der Waals surface area contributed by atoms with Crippen LogP contribution in [0.5, 0.6) is 5.75 Å². The number of nitrogens with zero attached hydrogens (tertiary/aromatic N) is 1. The Morgan fingerprint density at radius 1 is 1.16 bits per heavy atom. The first-order valence-corrected chi connectivity index (χ1v) is 8.54. The zero-order valence-electron chi connectivity index (χ0n) is 13.6. The van der Waals surface area contributed by atoms with Crippen LogP contribution in [-0.2, 0) is 18.0 Å². The summed E-state index contributed by atoms with van der Waals surface area (Å²) in [7, 11) is 0. The van der Waals surface area contributed by atoms with Gasteiger partial charge in [-0.15, -0.1) is 11.3 Å². The molecule has 0 aliphatic heterocycles. The van der Waals surface area contributed by atoms with Crippen molar-refractivity contribution < 1.29 is 18.7 Å². The van der Waals surface area contributed by atoms with E-state index in [1.807, 2.05) is 12.3 Å². The lowest BCUT2D eigenvalue weighted by molar-refractivity contribution is 0.0467. The molecule has 0 saturated carbocycles. The van der Waals surface area contributed by atoms with Gasteiger partial charge in [-0.05, 0) is 36.8 Å². The molecule has 0 aliphatic rings. The summed E-state index contributed by atoms with van der Waals surface area (Å²) < 4.78 is 24.2. The van der Waals surface area contributed by atoms with Gasteiger partial charge >= 0.3 is 5.97 Å². The van der Waals surface area contributed by atoms with Gasteiger partial charge in [-0.2, -0.15) is 0 Å². The summed E-state index contributed by atoms with van der Waals surface area (Å²) in [6.45, 7) is 2.20. The second-order valence-corrected chi connectivity index (χ2v) is 6.41. The number of thiazole rings is 1. The number of aromatic nitrogens is 1. The van der Waals surface area contributed by atoms with E-state index in [0.717, 1.165) is 10.7 Å². The van der Waals surface area contributed by atoms with Crippen LogP contribution >= 0.6 is 11.3 Å². The lowest BCUT2D eigenvalue weighted by Gasteiger charge is -2.10. The van der Waals surface area contributed by atoms with Crippen LogP contribution in [0.2, 0.25) is 0 Å². The normalized spacial score (nSPS) is 10.5. The average Bonchev–Trinajstić information content (AvgIpc) is 3.03. The quantitative estimate of drug-likeness (QED) is 0.608. The number of rotatable bonds is 6. The molecule has 0 N–H and O–H groups in total. The smallest absolute Gasteiger partial charge is 0.342 e. The highest BCUT2D eigenvalue weighted by molar-refractivity contribution is 7.09. The van der Waals surface area contributed by atoms with Gasteiger partial charge < -0.3 is 9.47 Å². The summed E-state index contributed by atoms with van der Waals surface area (Å²) in [6.07, 6.45) is 0. The van der Waals surface area contributed by atoms with Crippen LogP contribution in [-0.4, -0.2) is 11.0 Å². The molecule has 0 amide bonds. The summed E-state index contributed by atoms with van der Waals surface area (Å²) in [5, 5.41) is 2.88. The number of benzene rings is 2. The minimum Gasteiger partial charge on any atom is -0.486 e. The van der Waals surface area contributed by atoms with Gasteiger partial charge in [-0.1, -0.05) is 24.3 Å². The highest BCUT2D eigenvalue weighted by atomic mass is 32.1. The maximum absolute atomic E-state index is 13.2. The third-order valence-electron chi connectivity index (χ3n) is 3.41. The Morgan fingerprint density at radius 2 is 2.00 bits per heavy atom. The van der Waals surface area contributed by atoms with Crippen molar-refractivity contribution in [1.29, 1.82) is 0 Å². The molecule has 0 aliphatic carbocycles. The van der Waals surface area contributed by atoms with E-state index in [9.17, 15) is 9.18 Å². The van der Waals surface area contributed by atoms with Crippen molar-refractivity contribution in [2.75, 3.05) is 0 Å². The maximum Gasteiger partial charge on any atom is 0.342 e. The Morgan fingerprint density at radius 3 is 2.76 bits per heavy atom. The molecule has 1 heterocycles. The molecular formula is C19H16FNO3S. The fraction of sp³-hybridized carbons (Fsp3) is 0.158. The summed E-state index contributed by atoms with van der Waals surface area (Å²) in [4.78, 5) is 16.7. The van der Waals surface area contributed by atoms with Crippen LogP contribution in [0.15, 0.2) is 53.9 Å². The molecular weight excluding hydrogens is 341 g/mol. The topological polar surface area (TPSA) is 48.4 Å². The largest absolute Gasteiger partial charge is 0.486 e. The number of halogens is 1. The molecule has 0 spiro atoms. The molecule has 4 nitrogen and oxygen atoms in total. The van der Waals surface area contributed by atoms with Crippen LogP contribution in [0.25, 0.3) is 0 Å². The number of carbonyl (C=O) groups is 1. The van der Waals surface area contributed by atoms with E-state index in [4.69, 9.17) is 9.47 Å². The van der Waals surface area contributed by atoms with Crippen LogP contribution in [0.3, 0.4) is 0 Å². The molecule has 2 aromatic carbocycles. The van der Waals surface area contributed by atoms with E-state index in [0.29, 0.717) is 16.9 Å². The zero-order valence-corrected chi connectivity index (χ0v) is 14.4. The van der Waals surface area contributed by atoms with Crippen molar-refractivity contribution >= 4 is 17.3 Å². The van der Waals surface area contributed by atoms with Gasteiger partial charge in [0.2, 0.25) is 0 Å². The lowest BCUT2D eigenvalue weighted by atomic mass is 10.2. The van der Waals surface area contributed by atoms with Crippen LogP contribution < -0.4 is 4.74 Å². The van der Waals surface area contributed by atoms with Crippen LogP contribution in [0.4, 0.5) is 4.39 Å². The summed E-state index contributed by atoms with van der Waals surface area (Å²) in [6, 6.07) is 12.8. The highest BCUT2D eigenvalue weighted by Crippen LogP contribution is 2.21. The van der Waals surface area contributed by atoms with Gasteiger partial charge in [0.15, 0.2) is 0 Å². The van der Waals surface area contributed by atoms with Crippen molar-refractivity contribution in [3.63, 3.8) is 0 Å². The Hall–Kier alpha value is -2.73. The van der Waals surface area contributed by atoms with E-state index in [1.165, 1.54) is 12.1 Å². The number of esters is 1. The van der Waals surface area contributed by atoms with Gasteiger partial charge in [0.25, 0.3) is 0 Å². The molecule has 0 saturated heterocycles. The van der Waals surface area contributed by atoms with Crippen molar-refractivity contribution in [3.05, 3.63) is 81.6 Å². The Bertz CT molecular complexity index is 878. The van der Waals surface area contributed by atoms with Crippen molar-refractivity contribution in [1.82, 2.24) is 4.98 Å². The van der Waals surface area contributed by atoms with Crippen molar-refractivity contribution in [3.8, 4) is 5.75 Å². The molecule has 128 valence electrons.